The largest absolute Gasteiger partial charge is 0.313 e. The minimum atomic E-state index is 0.436. The number of nitrogens with one attached hydrogen (secondary N) is 1. The highest BCUT2D eigenvalue weighted by atomic mass is 32.1. The third-order valence-electron chi connectivity index (χ3n) is 2.73. The maximum atomic E-state index is 3.29. The Morgan fingerprint density at radius 1 is 1.36 bits per heavy atom. The summed E-state index contributed by atoms with van der Waals surface area (Å²) < 4.78 is 1.42. The van der Waals surface area contributed by atoms with Gasteiger partial charge in [-0.15, -0.1) is 11.3 Å². The van der Waals surface area contributed by atoms with E-state index < -0.39 is 0 Å². The summed E-state index contributed by atoms with van der Waals surface area (Å²) in [5.41, 5.74) is 2.79. The van der Waals surface area contributed by atoms with Crippen LogP contribution in [0.25, 0.3) is 10.1 Å². The van der Waals surface area contributed by atoms with Gasteiger partial charge in [-0.3, -0.25) is 0 Å². The number of hydrogen-bond donors (Lipinski definition) is 1. The Bertz CT molecular complexity index is 445. The van der Waals surface area contributed by atoms with Crippen molar-refractivity contribution in [2.75, 3.05) is 7.05 Å². The summed E-state index contributed by atoms with van der Waals surface area (Å²) in [4.78, 5) is 0. The van der Waals surface area contributed by atoms with Crippen LogP contribution in [0.4, 0.5) is 0 Å². The van der Waals surface area contributed by atoms with E-state index in [4.69, 9.17) is 0 Å². The Kier molecular flexibility index (Phi) is 2.57. The molecule has 0 aliphatic carbocycles. The van der Waals surface area contributed by atoms with Gasteiger partial charge in [0.1, 0.15) is 0 Å². The first kappa shape index (κ1) is 9.69. The molecule has 1 atom stereocenters. The van der Waals surface area contributed by atoms with E-state index in [0.29, 0.717) is 6.04 Å². The molecule has 0 aliphatic rings. The van der Waals surface area contributed by atoms with Crippen LogP contribution in [0, 0.1) is 6.92 Å². The minimum Gasteiger partial charge on any atom is -0.313 e. The molecule has 1 aromatic heterocycles. The van der Waals surface area contributed by atoms with Crippen molar-refractivity contribution in [2.24, 2.45) is 0 Å². The summed E-state index contributed by atoms with van der Waals surface area (Å²) in [6.45, 7) is 4.37. The molecule has 0 saturated heterocycles. The van der Waals surface area contributed by atoms with Crippen molar-refractivity contribution in [3.63, 3.8) is 0 Å². The zero-order chi connectivity index (χ0) is 10.1. The summed E-state index contributed by atoms with van der Waals surface area (Å²) >= 11 is 1.84. The molecular weight excluding hydrogens is 190 g/mol. The molecule has 1 nitrogen and oxygen atoms in total. The van der Waals surface area contributed by atoms with Gasteiger partial charge in [0.25, 0.3) is 0 Å². The van der Waals surface area contributed by atoms with Gasteiger partial charge in [-0.1, -0.05) is 18.2 Å². The van der Waals surface area contributed by atoms with E-state index in [0.717, 1.165) is 0 Å². The van der Waals surface area contributed by atoms with Gasteiger partial charge in [-0.05, 0) is 42.8 Å². The molecular formula is C12H15NS. The van der Waals surface area contributed by atoms with Crippen LogP contribution in [0.1, 0.15) is 24.1 Å². The molecule has 1 N–H and O–H groups in total. The normalized spacial score (nSPS) is 13.4. The standard InChI is InChI=1S/C12H15NS/c1-8-5-4-6-10-11(9(2)13-3)7-14-12(8)10/h4-7,9,13H,1-3H3. The molecule has 0 fully saturated rings. The van der Waals surface area contributed by atoms with Crippen molar-refractivity contribution in [1.82, 2.24) is 5.32 Å². The lowest BCUT2D eigenvalue weighted by Gasteiger charge is -2.08. The van der Waals surface area contributed by atoms with Crippen molar-refractivity contribution < 1.29 is 0 Å². The zero-order valence-electron chi connectivity index (χ0n) is 8.79. The van der Waals surface area contributed by atoms with Gasteiger partial charge in [0.15, 0.2) is 0 Å². The quantitative estimate of drug-likeness (QED) is 0.791. The van der Waals surface area contributed by atoms with Crippen molar-refractivity contribution in [1.29, 1.82) is 0 Å². The Morgan fingerprint density at radius 3 is 2.86 bits per heavy atom. The summed E-state index contributed by atoms with van der Waals surface area (Å²) in [5.74, 6) is 0. The first-order valence-corrected chi connectivity index (χ1v) is 5.76. The SMILES string of the molecule is CNC(C)c1csc2c(C)cccc12. The molecule has 1 heterocycles. The fourth-order valence-electron chi connectivity index (χ4n) is 1.71. The van der Waals surface area contributed by atoms with E-state index in [2.05, 4.69) is 42.7 Å². The van der Waals surface area contributed by atoms with Gasteiger partial charge in [0, 0.05) is 10.7 Å². The van der Waals surface area contributed by atoms with Gasteiger partial charge in [-0.25, -0.2) is 0 Å². The van der Waals surface area contributed by atoms with Crippen LogP contribution in [-0.2, 0) is 0 Å². The first-order chi connectivity index (χ1) is 6.74. The van der Waals surface area contributed by atoms with Gasteiger partial charge in [0.05, 0.1) is 0 Å². The highest BCUT2D eigenvalue weighted by molar-refractivity contribution is 7.17. The van der Waals surface area contributed by atoms with E-state index in [1.807, 2.05) is 18.4 Å². The molecule has 0 saturated carbocycles. The summed E-state index contributed by atoms with van der Waals surface area (Å²) in [6, 6.07) is 6.95. The molecule has 0 aliphatic heterocycles. The molecule has 1 aromatic carbocycles. The van der Waals surface area contributed by atoms with Crippen molar-refractivity contribution >= 4 is 21.4 Å². The molecule has 2 rings (SSSR count). The van der Waals surface area contributed by atoms with Crippen LogP contribution in [0.2, 0.25) is 0 Å². The predicted octanol–water partition coefficient (Wildman–Crippen LogP) is 3.49. The molecule has 14 heavy (non-hydrogen) atoms. The molecule has 0 amide bonds. The summed E-state index contributed by atoms with van der Waals surface area (Å²) in [5, 5.41) is 6.95. The van der Waals surface area contributed by atoms with Crippen LogP contribution >= 0.6 is 11.3 Å². The van der Waals surface area contributed by atoms with Crippen LogP contribution in [0.5, 0.6) is 0 Å². The van der Waals surface area contributed by atoms with E-state index in [-0.39, 0.29) is 0 Å². The lowest BCUT2D eigenvalue weighted by atomic mass is 10.1. The maximum absolute atomic E-state index is 3.29. The first-order valence-electron chi connectivity index (χ1n) is 4.88. The van der Waals surface area contributed by atoms with Gasteiger partial charge >= 0.3 is 0 Å². The number of thiophene rings is 1. The van der Waals surface area contributed by atoms with Crippen LogP contribution < -0.4 is 5.32 Å². The summed E-state index contributed by atoms with van der Waals surface area (Å²) in [7, 11) is 2.00. The van der Waals surface area contributed by atoms with E-state index in [1.165, 1.54) is 21.2 Å². The zero-order valence-corrected chi connectivity index (χ0v) is 9.61. The van der Waals surface area contributed by atoms with E-state index in [1.54, 1.807) is 0 Å². The predicted molar refractivity (Wildman–Crippen MR) is 64.0 cm³/mol. The Hall–Kier alpha value is -0.860. The minimum absolute atomic E-state index is 0.436. The Labute approximate surface area is 88.8 Å². The van der Waals surface area contributed by atoms with Gasteiger partial charge in [-0.2, -0.15) is 0 Å². The third-order valence-corrected chi connectivity index (χ3v) is 3.88. The molecule has 74 valence electrons. The maximum Gasteiger partial charge on any atom is 0.0375 e. The smallest absolute Gasteiger partial charge is 0.0375 e. The molecule has 2 aromatic rings. The van der Waals surface area contributed by atoms with Crippen molar-refractivity contribution in [2.45, 2.75) is 19.9 Å². The van der Waals surface area contributed by atoms with Gasteiger partial charge < -0.3 is 5.32 Å². The Morgan fingerprint density at radius 2 is 2.14 bits per heavy atom. The molecule has 0 spiro atoms. The average Bonchev–Trinajstić information content (AvgIpc) is 2.62. The lowest BCUT2D eigenvalue weighted by Crippen LogP contribution is -2.11. The second kappa shape index (κ2) is 3.71. The highest BCUT2D eigenvalue weighted by Crippen LogP contribution is 2.31. The van der Waals surface area contributed by atoms with Crippen molar-refractivity contribution in [3.8, 4) is 0 Å². The fourth-order valence-corrected chi connectivity index (χ4v) is 2.86. The second-order valence-corrected chi connectivity index (χ2v) is 4.53. The molecule has 0 bridgehead atoms. The third kappa shape index (κ3) is 1.45. The summed E-state index contributed by atoms with van der Waals surface area (Å²) in [6.07, 6.45) is 0. The number of benzene rings is 1. The second-order valence-electron chi connectivity index (χ2n) is 3.65. The fraction of sp³-hybridized carbons (Fsp3) is 0.333. The topological polar surface area (TPSA) is 12.0 Å². The Balaban J connectivity index is 2.63. The van der Waals surface area contributed by atoms with E-state index >= 15 is 0 Å². The van der Waals surface area contributed by atoms with Crippen molar-refractivity contribution in [3.05, 3.63) is 34.7 Å². The highest BCUT2D eigenvalue weighted by Gasteiger charge is 2.09. The van der Waals surface area contributed by atoms with Gasteiger partial charge in [0.2, 0.25) is 0 Å². The molecule has 0 radical (unpaired) electrons. The molecule has 1 unspecified atom stereocenters. The molecule has 2 heteroatoms. The lowest BCUT2D eigenvalue weighted by molar-refractivity contribution is 0.659. The number of hydrogen-bond acceptors (Lipinski definition) is 2. The monoisotopic (exact) mass is 205 g/mol. The number of rotatable bonds is 2. The van der Waals surface area contributed by atoms with E-state index in [9.17, 15) is 0 Å². The average molecular weight is 205 g/mol. The number of aryl methyl sites for hydroxylation is 1. The van der Waals surface area contributed by atoms with Crippen LogP contribution in [0.3, 0.4) is 0 Å². The van der Waals surface area contributed by atoms with Crippen LogP contribution in [-0.4, -0.2) is 7.05 Å². The van der Waals surface area contributed by atoms with Crippen LogP contribution in [0.15, 0.2) is 23.6 Å². The number of fused-ring (bicyclic) bond motifs is 1.